The van der Waals surface area contributed by atoms with Crippen molar-refractivity contribution in [2.45, 2.75) is 19.0 Å². The molecule has 7 nitrogen and oxygen atoms in total. The Kier molecular flexibility index (Phi) is 6.59. The third kappa shape index (κ3) is 4.81. The summed E-state index contributed by atoms with van der Waals surface area (Å²) in [7, 11) is 0. The standard InChI is InChI=1S/C28H27N3O4/c1-20(32)35-19-24-18-30(28(33)25-17-29-16-23-12-15-34-27(23)25)13-14-31(24)26(21-8-4-2-5-9-21)22-10-6-3-7-11-22/h2-12,15-17,24,26H,13-14,18-19H2,1H3/t24-/m0/s1. The van der Waals surface area contributed by atoms with Crippen molar-refractivity contribution in [1.82, 2.24) is 14.8 Å². The maximum atomic E-state index is 13.5. The van der Waals surface area contributed by atoms with Crippen LogP contribution in [0.2, 0.25) is 0 Å². The highest BCUT2D eigenvalue weighted by atomic mass is 16.5. The molecule has 7 heteroatoms. The highest BCUT2D eigenvalue weighted by Gasteiger charge is 2.36. The van der Waals surface area contributed by atoms with Crippen LogP contribution >= 0.6 is 0 Å². The van der Waals surface area contributed by atoms with Gasteiger partial charge in [0.25, 0.3) is 5.91 Å². The minimum atomic E-state index is -0.339. The molecular weight excluding hydrogens is 442 g/mol. The number of aromatic nitrogens is 1. The summed E-state index contributed by atoms with van der Waals surface area (Å²) in [4.78, 5) is 33.6. The molecule has 0 aliphatic carbocycles. The molecule has 5 rings (SSSR count). The quantitative estimate of drug-likeness (QED) is 0.392. The molecule has 4 aromatic rings. The monoisotopic (exact) mass is 469 g/mol. The number of nitrogens with zero attached hydrogens (tertiary/aromatic N) is 3. The second-order valence-corrected chi connectivity index (χ2v) is 8.70. The van der Waals surface area contributed by atoms with E-state index in [1.165, 1.54) is 6.92 Å². The molecule has 0 saturated carbocycles. The lowest BCUT2D eigenvalue weighted by Gasteiger charge is -2.45. The van der Waals surface area contributed by atoms with Crippen LogP contribution in [0.4, 0.5) is 0 Å². The first kappa shape index (κ1) is 22.8. The van der Waals surface area contributed by atoms with Crippen molar-refractivity contribution in [3.05, 3.63) is 102 Å². The molecule has 0 bridgehead atoms. The van der Waals surface area contributed by atoms with E-state index < -0.39 is 0 Å². The molecule has 1 aliphatic rings. The van der Waals surface area contributed by atoms with Gasteiger partial charge in [0.05, 0.1) is 18.3 Å². The zero-order chi connectivity index (χ0) is 24.2. The number of fused-ring (bicyclic) bond motifs is 1. The number of carbonyl (C=O) groups is 2. The summed E-state index contributed by atoms with van der Waals surface area (Å²) < 4.78 is 11.1. The van der Waals surface area contributed by atoms with E-state index in [2.05, 4.69) is 34.1 Å². The van der Waals surface area contributed by atoms with Gasteiger partial charge in [0, 0.05) is 44.3 Å². The lowest BCUT2D eigenvalue weighted by molar-refractivity contribution is -0.143. The van der Waals surface area contributed by atoms with Gasteiger partial charge in [0.1, 0.15) is 17.8 Å². The third-order valence-corrected chi connectivity index (χ3v) is 6.44. The minimum Gasteiger partial charge on any atom is -0.464 e. The van der Waals surface area contributed by atoms with Crippen molar-refractivity contribution >= 4 is 22.8 Å². The Bertz CT molecular complexity index is 1270. The van der Waals surface area contributed by atoms with Gasteiger partial charge in [-0.25, -0.2) is 0 Å². The zero-order valence-corrected chi connectivity index (χ0v) is 19.5. The SMILES string of the molecule is CC(=O)OC[C@@H]1CN(C(=O)c2cncc3ccoc23)CCN1C(c1ccccc1)c1ccccc1. The smallest absolute Gasteiger partial charge is 0.302 e. The Hall–Kier alpha value is -3.97. The summed E-state index contributed by atoms with van der Waals surface area (Å²) in [5, 5.41) is 0.791. The first-order valence-electron chi connectivity index (χ1n) is 11.7. The van der Waals surface area contributed by atoms with Crippen molar-refractivity contribution in [2.24, 2.45) is 0 Å². The molecule has 1 atom stereocenters. The van der Waals surface area contributed by atoms with Gasteiger partial charge in [-0.3, -0.25) is 19.5 Å². The van der Waals surface area contributed by atoms with Crippen LogP contribution in [0.1, 0.15) is 34.5 Å². The van der Waals surface area contributed by atoms with E-state index in [0.29, 0.717) is 30.8 Å². The summed E-state index contributed by atoms with van der Waals surface area (Å²) in [6, 6.07) is 22.1. The van der Waals surface area contributed by atoms with E-state index >= 15 is 0 Å². The van der Waals surface area contributed by atoms with Crippen LogP contribution in [-0.4, -0.2) is 58.9 Å². The van der Waals surface area contributed by atoms with Gasteiger partial charge < -0.3 is 14.1 Å². The van der Waals surface area contributed by atoms with E-state index in [9.17, 15) is 9.59 Å². The van der Waals surface area contributed by atoms with Gasteiger partial charge >= 0.3 is 5.97 Å². The number of pyridine rings is 1. The van der Waals surface area contributed by atoms with Crippen LogP contribution in [0.15, 0.2) is 89.8 Å². The number of carbonyl (C=O) groups excluding carboxylic acids is 2. The fraction of sp³-hybridized carbons (Fsp3) is 0.250. The van der Waals surface area contributed by atoms with Gasteiger partial charge in [-0.2, -0.15) is 0 Å². The van der Waals surface area contributed by atoms with Crippen molar-refractivity contribution in [1.29, 1.82) is 0 Å². The summed E-state index contributed by atoms with van der Waals surface area (Å²) in [6.07, 6.45) is 4.80. The fourth-order valence-electron chi connectivity index (χ4n) is 4.81. The van der Waals surface area contributed by atoms with Crippen LogP contribution in [0, 0.1) is 0 Å². The first-order chi connectivity index (χ1) is 17.1. The van der Waals surface area contributed by atoms with Gasteiger partial charge in [0.2, 0.25) is 0 Å². The summed E-state index contributed by atoms with van der Waals surface area (Å²) in [5.41, 5.74) is 3.27. The number of amides is 1. The highest BCUT2D eigenvalue weighted by molar-refractivity contribution is 6.04. The van der Waals surface area contributed by atoms with E-state index in [0.717, 1.165) is 16.5 Å². The molecule has 2 aromatic carbocycles. The molecule has 1 fully saturated rings. The molecule has 0 radical (unpaired) electrons. The summed E-state index contributed by atoms with van der Waals surface area (Å²) >= 11 is 0. The minimum absolute atomic E-state index is 0.0367. The molecule has 35 heavy (non-hydrogen) atoms. The van der Waals surface area contributed by atoms with Gasteiger partial charge in [0.15, 0.2) is 0 Å². The Labute approximate surface area is 203 Å². The van der Waals surface area contributed by atoms with Gasteiger partial charge in [-0.05, 0) is 17.2 Å². The Morgan fingerprint density at radius 1 is 1.00 bits per heavy atom. The molecule has 0 unspecified atom stereocenters. The number of rotatable bonds is 6. The summed E-state index contributed by atoms with van der Waals surface area (Å²) in [6.45, 7) is 3.17. The maximum Gasteiger partial charge on any atom is 0.302 e. The number of hydrogen-bond acceptors (Lipinski definition) is 6. The van der Waals surface area contributed by atoms with Crippen molar-refractivity contribution in [3.8, 4) is 0 Å². The van der Waals surface area contributed by atoms with E-state index in [1.54, 1.807) is 29.6 Å². The maximum absolute atomic E-state index is 13.5. The van der Waals surface area contributed by atoms with Crippen LogP contribution in [-0.2, 0) is 9.53 Å². The predicted octanol–water partition coefficient (Wildman–Crippen LogP) is 4.31. The van der Waals surface area contributed by atoms with Crippen molar-refractivity contribution in [3.63, 3.8) is 0 Å². The number of ether oxygens (including phenoxy) is 1. The Balaban J connectivity index is 1.47. The predicted molar refractivity (Wildman–Crippen MR) is 132 cm³/mol. The van der Waals surface area contributed by atoms with E-state index in [-0.39, 0.29) is 30.6 Å². The second kappa shape index (κ2) is 10.1. The number of benzene rings is 2. The molecule has 178 valence electrons. The fourth-order valence-corrected chi connectivity index (χ4v) is 4.81. The van der Waals surface area contributed by atoms with Gasteiger partial charge in [-0.15, -0.1) is 0 Å². The average Bonchev–Trinajstić information content (AvgIpc) is 3.38. The molecule has 1 aliphatic heterocycles. The largest absolute Gasteiger partial charge is 0.464 e. The molecule has 0 N–H and O–H groups in total. The van der Waals surface area contributed by atoms with Crippen LogP contribution < -0.4 is 0 Å². The van der Waals surface area contributed by atoms with Crippen LogP contribution in [0.3, 0.4) is 0 Å². The summed E-state index contributed by atoms with van der Waals surface area (Å²) in [5.74, 6) is -0.476. The normalized spacial score (nSPS) is 16.5. The highest BCUT2D eigenvalue weighted by Crippen LogP contribution is 2.32. The zero-order valence-electron chi connectivity index (χ0n) is 19.5. The lowest BCUT2D eigenvalue weighted by atomic mass is 9.94. The third-order valence-electron chi connectivity index (χ3n) is 6.44. The molecule has 0 spiro atoms. The number of hydrogen-bond donors (Lipinski definition) is 0. The topological polar surface area (TPSA) is 75.9 Å². The molecule has 2 aromatic heterocycles. The van der Waals surface area contributed by atoms with E-state index in [1.807, 2.05) is 36.4 Å². The average molecular weight is 470 g/mol. The Morgan fingerprint density at radius 2 is 1.69 bits per heavy atom. The van der Waals surface area contributed by atoms with Crippen LogP contribution in [0.5, 0.6) is 0 Å². The van der Waals surface area contributed by atoms with E-state index in [4.69, 9.17) is 9.15 Å². The molecule has 1 saturated heterocycles. The molecule has 3 heterocycles. The molecule has 1 amide bonds. The van der Waals surface area contributed by atoms with Gasteiger partial charge in [-0.1, -0.05) is 60.7 Å². The first-order valence-corrected chi connectivity index (χ1v) is 11.7. The Morgan fingerprint density at radius 3 is 2.34 bits per heavy atom. The van der Waals surface area contributed by atoms with Crippen molar-refractivity contribution in [2.75, 3.05) is 26.2 Å². The van der Waals surface area contributed by atoms with Crippen LogP contribution in [0.25, 0.3) is 11.0 Å². The number of esters is 1. The number of furan rings is 1. The number of piperazine rings is 1. The molecular formula is C28H27N3O4. The lowest BCUT2D eigenvalue weighted by Crippen LogP contribution is -2.57. The van der Waals surface area contributed by atoms with Crippen molar-refractivity contribution < 1.29 is 18.7 Å². The second-order valence-electron chi connectivity index (χ2n) is 8.70.